The monoisotopic (exact) mass is 272 g/mol. The van der Waals surface area contributed by atoms with Crippen LogP contribution in [0.5, 0.6) is 0 Å². The van der Waals surface area contributed by atoms with Crippen LogP contribution < -0.4 is 10.6 Å². The van der Waals surface area contributed by atoms with Crippen molar-refractivity contribution in [2.24, 2.45) is 5.73 Å². The first-order chi connectivity index (χ1) is 9.50. The van der Waals surface area contributed by atoms with Crippen molar-refractivity contribution in [1.29, 1.82) is 5.41 Å². The fourth-order valence-electron chi connectivity index (χ4n) is 2.15. The molecule has 3 N–H and O–H groups in total. The van der Waals surface area contributed by atoms with Crippen LogP contribution in [0.15, 0.2) is 30.6 Å². The molecule has 1 aromatic heterocycles. The van der Waals surface area contributed by atoms with Crippen molar-refractivity contribution in [3.8, 4) is 0 Å². The number of amidine groups is 1. The van der Waals surface area contributed by atoms with Gasteiger partial charge < -0.3 is 10.6 Å². The fourth-order valence-corrected chi connectivity index (χ4v) is 2.15. The molecule has 2 aromatic rings. The zero-order chi connectivity index (χ0) is 14.7. The summed E-state index contributed by atoms with van der Waals surface area (Å²) in [5.41, 5.74) is 7.27. The SMILES string of the molecule is CC(C)n1ncnc1CN(C)c1ccccc1C(=N)N. The van der Waals surface area contributed by atoms with Crippen molar-refractivity contribution in [3.63, 3.8) is 0 Å². The van der Waals surface area contributed by atoms with Gasteiger partial charge in [0, 0.05) is 24.3 Å². The van der Waals surface area contributed by atoms with Crippen molar-refractivity contribution in [1.82, 2.24) is 14.8 Å². The Bertz CT molecular complexity index is 601. The molecule has 0 bridgehead atoms. The van der Waals surface area contributed by atoms with Crippen LogP contribution in [0.1, 0.15) is 31.3 Å². The van der Waals surface area contributed by atoms with E-state index in [0.717, 1.165) is 17.1 Å². The Morgan fingerprint density at radius 1 is 1.40 bits per heavy atom. The van der Waals surface area contributed by atoms with Crippen molar-refractivity contribution in [3.05, 3.63) is 42.0 Å². The van der Waals surface area contributed by atoms with Gasteiger partial charge in [0.15, 0.2) is 0 Å². The van der Waals surface area contributed by atoms with E-state index in [4.69, 9.17) is 11.1 Å². The van der Waals surface area contributed by atoms with Gasteiger partial charge in [0.2, 0.25) is 0 Å². The molecular formula is C14H20N6. The van der Waals surface area contributed by atoms with Crippen LogP contribution >= 0.6 is 0 Å². The lowest BCUT2D eigenvalue weighted by Crippen LogP contribution is -2.24. The molecule has 0 saturated carbocycles. The molecule has 106 valence electrons. The third-order valence-electron chi connectivity index (χ3n) is 3.12. The first-order valence-electron chi connectivity index (χ1n) is 6.53. The lowest BCUT2D eigenvalue weighted by molar-refractivity contribution is 0.503. The standard InChI is InChI=1S/C14H20N6/c1-10(2)20-13(17-9-18-20)8-19(3)12-7-5-4-6-11(12)14(15)16/h4-7,9-10H,8H2,1-3H3,(H3,15,16). The number of benzene rings is 1. The number of hydrogen-bond donors (Lipinski definition) is 2. The number of hydrogen-bond acceptors (Lipinski definition) is 4. The molecule has 1 aromatic carbocycles. The zero-order valence-corrected chi connectivity index (χ0v) is 12.0. The van der Waals surface area contributed by atoms with E-state index in [1.54, 1.807) is 6.33 Å². The van der Waals surface area contributed by atoms with E-state index < -0.39 is 0 Å². The lowest BCUT2D eigenvalue weighted by Gasteiger charge is -2.22. The Morgan fingerprint density at radius 2 is 2.10 bits per heavy atom. The van der Waals surface area contributed by atoms with E-state index in [2.05, 4.69) is 23.9 Å². The molecule has 20 heavy (non-hydrogen) atoms. The summed E-state index contributed by atoms with van der Waals surface area (Å²) in [7, 11) is 1.96. The Hall–Kier alpha value is -2.37. The first kappa shape index (κ1) is 14.0. The topological polar surface area (TPSA) is 83.8 Å². The van der Waals surface area contributed by atoms with E-state index in [0.29, 0.717) is 6.54 Å². The molecule has 0 radical (unpaired) electrons. The maximum atomic E-state index is 7.65. The van der Waals surface area contributed by atoms with Crippen LogP contribution in [0, 0.1) is 5.41 Å². The Kier molecular flexibility index (Phi) is 4.02. The number of aromatic nitrogens is 3. The van der Waals surface area contributed by atoms with E-state index in [1.807, 2.05) is 40.9 Å². The summed E-state index contributed by atoms with van der Waals surface area (Å²) in [5, 5.41) is 11.9. The van der Waals surface area contributed by atoms with E-state index in [1.165, 1.54) is 0 Å². The minimum absolute atomic E-state index is 0.0674. The number of anilines is 1. The normalized spacial score (nSPS) is 10.8. The highest BCUT2D eigenvalue weighted by atomic mass is 15.4. The molecule has 0 fully saturated rings. The first-order valence-corrected chi connectivity index (χ1v) is 6.53. The van der Waals surface area contributed by atoms with E-state index in [9.17, 15) is 0 Å². The summed E-state index contributed by atoms with van der Waals surface area (Å²) in [6.45, 7) is 4.76. The number of para-hydroxylation sites is 1. The van der Waals surface area contributed by atoms with Crippen LogP contribution in [0.3, 0.4) is 0 Å². The van der Waals surface area contributed by atoms with Gasteiger partial charge in [0.05, 0.1) is 6.54 Å². The molecular weight excluding hydrogens is 252 g/mol. The second-order valence-corrected chi connectivity index (χ2v) is 5.00. The van der Waals surface area contributed by atoms with Gasteiger partial charge in [-0.25, -0.2) is 9.67 Å². The largest absolute Gasteiger partial charge is 0.384 e. The summed E-state index contributed by atoms with van der Waals surface area (Å²) < 4.78 is 1.90. The molecule has 0 saturated heterocycles. The third kappa shape index (κ3) is 2.79. The van der Waals surface area contributed by atoms with Crippen LogP contribution in [0.4, 0.5) is 5.69 Å². The highest BCUT2D eigenvalue weighted by molar-refractivity contribution is 6.00. The molecule has 0 spiro atoms. The summed E-state index contributed by atoms with van der Waals surface area (Å²) in [6.07, 6.45) is 1.57. The summed E-state index contributed by atoms with van der Waals surface area (Å²) in [4.78, 5) is 6.33. The minimum atomic E-state index is 0.0674. The highest BCUT2D eigenvalue weighted by Crippen LogP contribution is 2.20. The third-order valence-corrected chi connectivity index (χ3v) is 3.12. The molecule has 0 aliphatic rings. The highest BCUT2D eigenvalue weighted by Gasteiger charge is 2.13. The average molecular weight is 272 g/mol. The van der Waals surface area contributed by atoms with Crippen LogP contribution in [0.2, 0.25) is 0 Å². The fraction of sp³-hybridized carbons (Fsp3) is 0.357. The van der Waals surface area contributed by atoms with Gasteiger partial charge >= 0.3 is 0 Å². The summed E-state index contributed by atoms with van der Waals surface area (Å²) >= 11 is 0. The second kappa shape index (κ2) is 5.73. The van der Waals surface area contributed by atoms with Crippen LogP contribution in [0.25, 0.3) is 0 Å². The van der Waals surface area contributed by atoms with Gasteiger partial charge in [-0.05, 0) is 26.0 Å². The molecule has 0 amide bonds. The van der Waals surface area contributed by atoms with Gasteiger partial charge in [0.1, 0.15) is 18.0 Å². The van der Waals surface area contributed by atoms with Crippen LogP contribution in [-0.4, -0.2) is 27.6 Å². The smallest absolute Gasteiger partial charge is 0.146 e. The predicted molar refractivity (Wildman–Crippen MR) is 80.0 cm³/mol. The maximum absolute atomic E-state index is 7.65. The molecule has 6 heteroatoms. The molecule has 0 atom stereocenters. The van der Waals surface area contributed by atoms with Crippen molar-refractivity contribution < 1.29 is 0 Å². The van der Waals surface area contributed by atoms with Gasteiger partial charge in [-0.3, -0.25) is 5.41 Å². The number of nitrogens with one attached hydrogen (secondary N) is 1. The molecule has 1 heterocycles. The predicted octanol–water partition coefficient (Wildman–Crippen LogP) is 1.78. The average Bonchev–Trinajstić information content (AvgIpc) is 2.87. The Balaban J connectivity index is 2.26. The summed E-state index contributed by atoms with van der Waals surface area (Å²) in [5.74, 6) is 0.957. The second-order valence-electron chi connectivity index (χ2n) is 5.00. The van der Waals surface area contributed by atoms with Crippen LogP contribution in [-0.2, 0) is 6.54 Å². The zero-order valence-electron chi connectivity index (χ0n) is 12.0. The number of nitrogens with zero attached hydrogens (tertiary/aromatic N) is 4. The van der Waals surface area contributed by atoms with Gasteiger partial charge in [-0.1, -0.05) is 12.1 Å². The molecule has 6 nitrogen and oxygen atoms in total. The summed E-state index contributed by atoms with van der Waals surface area (Å²) in [6, 6.07) is 7.88. The molecule has 2 rings (SSSR count). The quantitative estimate of drug-likeness (QED) is 0.642. The lowest BCUT2D eigenvalue weighted by atomic mass is 10.1. The maximum Gasteiger partial charge on any atom is 0.146 e. The molecule has 0 aliphatic carbocycles. The number of nitrogens with two attached hydrogens (primary N) is 1. The van der Waals surface area contributed by atoms with Gasteiger partial charge in [-0.2, -0.15) is 5.10 Å². The van der Waals surface area contributed by atoms with Gasteiger partial charge in [-0.15, -0.1) is 0 Å². The van der Waals surface area contributed by atoms with E-state index in [-0.39, 0.29) is 11.9 Å². The number of rotatable bonds is 5. The van der Waals surface area contributed by atoms with Crippen molar-refractivity contribution in [2.75, 3.05) is 11.9 Å². The Labute approximate surface area is 118 Å². The number of nitrogen functional groups attached to an aromatic ring is 1. The molecule has 0 unspecified atom stereocenters. The Morgan fingerprint density at radius 3 is 2.75 bits per heavy atom. The van der Waals surface area contributed by atoms with E-state index >= 15 is 0 Å². The van der Waals surface area contributed by atoms with Crippen molar-refractivity contribution in [2.45, 2.75) is 26.4 Å². The minimum Gasteiger partial charge on any atom is -0.384 e. The van der Waals surface area contributed by atoms with Crippen molar-refractivity contribution >= 4 is 11.5 Å². The molecule has 0 aliphatic heterocycles. The van der Waals surface area contributed by atoms with Gasteiger partial charge in [0.25, 0.3) is 0 Å².